The number of aromatic nitrogens is 2. The zero-order valence-corrected chi connectivity index (χ0v) is 15.5. The van der Waals surface area contributed by atoms with Crippen LogP contribution < -0.4 is 16.2 Å². The predicted octanol–water partition coefficient (Wildman–Crippen LogP) is 1.37. The Labute approximate surface area is 160 Å². The number of anilines is 1. The molecule has 1 saturated heterocycles. The Morgan fingerprint density at radius 1 is 1.22 bits per heavy atom. The maximum absolute atomic E-state index is 12.8. The van der Waals surface area contributed by atoms with Crippen LogP contribution in [0.3, 0.4) is 0 Å². The van der Waals surface area contributed by atoms with Crippen molar-refractivity contribution in [1.29, 1.82) is 0 Å². The van der Waals surface area contributed by atoms with E-state index in [4.69, 9.17) is 22.1 Å². The molecule has 142 valence electrons. The summed E-state index contributed by atoms with van der Waals surface area (Å²) >= 11 is 6.32. The van der Waals surface area contributed by atoms with Gasteiger partial charge in [-0.15, -0.1) is 0 Å². The SMILES string of the molecule is COC(=O)c1ccccc1-n1ncc(N2CCC(C(N)=O)CC2)c(Cl)c1=O. The molecular formula is C18H19ClN4O4. The lowest BCUT2D eigenvalue weighted by atomic mass is 9.96. The molecule has 0 bridgehead atoms. The van der Waals surface area contributed by atoms with E-state index in [1.54, 1.807) is 24.3 Å². The average molecular weight is 391 g/mol. The van der Waals surface area contributed by atoms with Gasteiger partial charge in [0.25, 0.3) is 5.56 Å². The van der Waals surface area contributed by atoms with E-state index in [0.717, 1.165) is 4.68 Å². The molecule has 2 aromatic rings. The molecule has 1 aliphatic rings. The standard InChI is InChI=1S/C18H19ClN4O4/c1-27-18(26)12-4-2-3-5-13(12)23-17(25)15(19)14(10-21-23)22-8-6-11(7-9-22)16(20)24/h2-5,10-11H,6-9H2,1H3,(H2,20,24). The molecular weight excluding hydrogens is 372 g/mol. The molecule has 2 N–H and O–H groups in total. The third kappa shape index (κ3) is 3.66. The molecule has 2 heterocycles. The number of rotatable bonds is 4. The van der Waals surface area contributed by atoms with E-state index in [2.05, 4.69) is 5.10 Å². The Kier molecular flexibility index (Phi) is 5.46. The zero-order valence-electron chi connectivity index (χ0n) is 14.7. The van der Waals surface area contributed by atoms with Crippen molar-refractivity contribution >= 4 is 29.2 Å². The fourth-order valence-corrected chi connectivity index (χ4v) is 3.41. The highest BCUT2D eigenvalue weighted by molar-refractivity contribution is 6.33. The first-order valence-corrected chi connectivity index (χ1v) is 8.81. The van der Waals surface area contributed by atoms with Crippen LogP contribution in [-0.4, -0.2) is 41.9 Å². The molecule has 1 fully saturated rings. The van der Waals surface area contributed by atoms with Crippen molar-refractivity contribution in [2.75, 3.05) is 25.1 Å². The second kappa shape index (κ2) is 7.79. The number of piperidine rings is 1. The molecule has 0 saturated carbocycles. The van der Waals surface area contributed by atoms with Crippen molar-refractivity contribution in [2.24, 2.45) is 11.7 Å². The number of hydrogen-bond acceptors (Lipinski definition) is 6. The van der Waals surface area contributed by atoms with Crippen LogP contribution in [0.15, 0.2) is 35.3 Å². The number of nitrogens with zero attached hydrogens (tertiary/aromatic N) is 3. The van der Waals surface area contributed by atoms with Crippen LogP contribution in [0.25, 0.3) is 5.69 Å². The maximum Gasteiger partial charge on any atom is 0.340 e. The van der Waals surface area contributed by atoms with E-state index in [9.17, 15) is 14.4 Å². The molecule has 3 rings (SSSR count). The zero-order chi connectivity index (χ0) is 19.6. The van der Waals surface area contributed by atoms with Crippen LogP contribution in [-0.2, 0) is 9.53 Å². The quantitative estimate of drug-likeness (QED) is 0.790. The van der Waals surface area contributed by atoms with E-state index < -0.39 is 11.5 Å². The van der Waals surface area contributed by atoms with Gasteiger partial charge in [0.15, 0.2) is 0 Å². The summed E-state index contributed by atoms with van der Waals surface area (Å²) in [6, 6.07) is 6.49. The predicted molar refractivity (Wildman–Crippen MR) is 100 cm³/mol. The van der Waals surface area contributed by atoms with Crippen LogP contribution in [0.5, 0.6) is 0 Å². The van der Waals surface area contributed by atoms with Gasteiger partial charge in [-0.05, 0) is 25.0 Å². The Bertz CT molecular complexity index is 935. The van der Waals surface area contributed by atoms with Gasteiger partial charge in [0.1, 0.15) is 5.02 Å². The van der Waals surface area contributed by atoms with Gasteiger partial charge in [0.2, 0.25) is 5.91 Å². The number of para-hydroxylation sites is 1. The summed E-state index contributed by atoms with van der Waals surface area (Å²) in [4.78, 5) is 38.0. The summed E-state index contributed by atoms with van der Waals surface area (Å²) < 4.78 is 5.83. The molecule has 1 aromatic carbocycles. The summed E-state index contributed by atoms with van der Waals surface area (Å²) in [5.74, 6) is -1.05. The van der Waals surface area contributed by atoms with Gasteiger partial charge in [-0.2, -0.15) is 9.78 Å². The molecule has 1 amide bonds. The number of carbonyl (C=O) groups is 2. The number of ether oxygens (including phenoxy) is 1. The molecule has 9 heteroatoms. The van der Waals surface area contributed by atoms with Crippen molar-refractivity contribution in [3.8, 4) is 5.69 Å². The highest BCUT2D eigenvalue weighted by atomic mass is 35.5. The molecule has 0 aliphatic carbocycles. The first kappa shape index (κ1) is 18.9. The average Bonchev–Trinajstić information content (AvgIpc) is 2.69. The summed E-state index contributed by atoms with van der Waals surface area (Å²) in [6.07, 6.45) is 2.68. The van der Waals surface area contributed by atoms with Gasteiger partial charge in [0, 0.05) is 19.0 Å². The van der Waals surface area contributed by atoms with Crippen molar-refractivity contribution < 1.29 is 14.3 Å². The lowest BCUT2D eigenvalue weighted by Crippen LogP contribution is -2.39. The molecule has 1 aromatic heterocycles. The second-order valence-corrected chi connectivity index (χ2v) is 6.61. The third-order valence-corrected chi connectivity index (χ3v) is 5.03. The lowest BCUT2D eigenvalue weighted by molar-refractivity contribution is -0.122. The van der Waals surface area contributed by atoms with Crippen molar-refractivity contribution in [3.05, 3.63) is 51.4 Å². The van der Waals surface area contributed by atoms with Crippen molar-refractivity contribution in [1.82, 2.24) is 9.78 Å². The highest BCUT2D eigenvalue weighted by Gasteiger charge is 2.26. The minimum Gasteiger partial charge on any atom is -0.465 e. The van der Waals surface area contributed by atoms with Crippen molar-refractivity contribution in [3.63, 3.8) is 0 Å². The number of methoxy groups -OCH3 is 1. The maximum atomic E-state index is 12.8. The number of amides is 1. The number of nitrogens with two attached hydrogens (primary N) is 1. The minimum absolute atomic E-state index is 0.00203. The lowest BCUT2D eigenvalue weighted by Gasteiger charge is -2.32. The Morgan fingerprint density at radius 3 is 2.52 bits per heavy atom. The number of carbonyl (C=O) groups excluding carboxylic acids is 2. The monoisotopic (exact) mass is 390 g/mol. The van der Waals surface area contributed by atoms with Crippen LogP contribution >= 0.6 is 11.6 Å². The Morgan fingerprint density at radius 2 is 1.89 bits per heavy atom. The van der Waals surface area contributed by atoms with E-state index in [1.165, 1.54) is 13.3 Å². The number of esters is 1. The first-order valence-electron chi connectivity index (χ1n) is 8.44. The minimum atomic E-state index is -0.576. The fourth-order valence-electron chi connectivity index (χ4n) is 3.16. The summed E-state index contributed by atoms with van der Waals surface area (Å²) in [5, 5.41) is 4.20. The molecule has 0 radical (unpaired) electrons. The van der Waals surface area contributed by atoms with Crippen LogP contribution in [0, 0.1) is 5.92 Å². The molecule has 8 nitrogen and oxygen atoms in total. The van der Waals surface area contributed by atoms with Gasteiger partial charge in [-0.25, -0.2) is 4.79 Å². The number of halogens is 1. The summed E-state index contributed by atoms with van der Waals surface area (Å²) in [7, 11) is 1.26. The summed E-state index contributed by atoms with van der Waals surface area (Å²) in [5.41, 5.74) is 5.81. The van der Waals surface area contributed by atoms with Crippen LogP contribution in [0.1, 0.15) is 23.2 Å². The van der Waals surface area contributed by atoms with E-state index in [1.807, 2.05) is 4.90 Å². The van der Waals surface area contributed by atoms with Gasteiger partial charge < -0.3 is 15.4 Å². The normalized spacial score (nSPS) is 14.8. The van der Waals surface area contributed by atoms with Gasteiger partial charge in [-0.3, -0.25) is 9.59 Å². The molecule has 0 spiro atoms. The third-order valence-electron chi connectivity index (χ3n) is 4.68. The summed E-state index contributed by atoms with van der Waals surface area (Å²) in [6.45, 7) is 1.11. The van der Waals surface area contributed by atoms with E-state index in [-0.39, 0.29) is 28.1 Å². The first-order chi connectivity index (χ1) is 12.9. The molecule has 1 aliphatic heterocycles. The number of benzene rings is 1. The van der Waals surface area contributed by atoms with E-state index in [0.29, 0.717) is 31.6 Å². The van der Waals surface area contributed by atoms with Gasteiger partial charge >= 0.3 is 5.97 Å². The highest BCUT2D eigenvalue weighted by Crippen LogP contribution is 2.27. The van der Waals surface area contributed by atoms with Gasteiger partial charge in [0.05, 0.1) is 30.2 Å². The number of hydrogen-bond donors (Lipinski definition) is 1. The van der Waals surface area contributed by atoms with E-state index >= 15 is 0 Å². The molecule has 0 unspecified atom stereocenters. The van der Waals surface area contributed by atoms with Crippen molar-refractivity contribution in [2.45, 2.75) is 12.8 Å². The van der Waals surface area contributed by atoms with Crippen LogP contribution in [0.2, 0.25) is 5.02 Å². The fraction of sp³-hybridized carbons (Fsp3) is 0.333. The Balaban J connectivity index is 1.95. The Hall–Kier alpha value is -2.87. The molecule has 27 heavy (non-hydrogen) atoms. The topological polar surface area (TPSA) is 108 Å². The molecule has 0 atom stereocenters. The second-order valence-electron chi connectivity index (χ2n) is 6.23. The largest absolute Gasteiger partial charge is 0.465 e. The van der Waals surface area contributed by atoms with Crippen LogP contribution in [0.4, 0.5) is 5.69 Å². The smallest absolute Gasteiger partial charge is 0.340 e. The van der Waals surface area contributed by atoms with Gasteiger partial charge in [-0.1, -0.05) is 23.7 Å². The number of primary amides is 1.